The fourth-order valence-corrected chi connectivity index (χ4v) is 2.69. The molecule has 0 amide bonds. The molecule has 0 radical (unpaired) electrons. The number of pyridine rings is 1. The average Bonchev–Trinajstić information content (AvgIpc) is 2.02. The van der Waals surface area contributed by atoms with Crippen molar-refractivity contribution in [3.63, 3.8) is 0 Å². The van der Waals surface area contributed by atoms with Gasteiger partial charge in [0.15, 0.2) is 0 Å². The van der Waals surface area contributed by atoms with E-state index < -0.39 is 24.6 Å². The van der Waals surface area contributed by atoms with Crippen molar-refractivity contribution in [2.75, 3.05) is 0 Å². The number of hydrogen-bond donors (Lipinski definition) is 0. The van der Waals surface area contributed by atoms with Crippen molar-refractivity contribution in [3.05, 3.63) is 27.0 Å². The third-order valence-electron chi connectivity index (χ3n) is 1.27. The van der Waals surface area contributed by atoms with E-state index in [0.29, 0.717) is 0 Å². The van der Waals surface area contributed by atoms with Crippen molar-refractivity contribution < 1.29 is 13.3 Å². The summed E-state index contributed by atoms with van der Waals surface area (Å²) in [4.78, 5) is 12.6. The highest BCUT2D eigenvalue weighted by Gasteiger charge is 2.19. The lowest BCUT2D eigenvalue weighted by Crippen LogP contribution is -1.97. The second-order valence-electron chi connectivity index (χ2n) is 2.18. The summed E-state index contributed by atoms with van der Waals surface area (Å²) in [6.45, 7) is 0. The summed E-state index contributed by atoms with van der Waals surface area (Å²) in [6, 6.07) is 0.833. The minimum Gasteiger partial charge on any atom is -0.258 e. The molecule has 0 saturated heterocycles. The van der Waals surface area contributed by atoms with Crippen LogP contribution in [0.25, 0.3) is 0 Å². The van der Waals surface area contributed by atoms with Gasteiger partial charge in [-0.3, -0.25) is 10.1 Å². The van der Waals surface area contributed by atoms with Crippen molar-refractivity contribution >= 4 is 41.4 Å². The van der Waals surface area contributed by atoms with Crippen LogP contribution in [0.15, 0.2) is 21.8 Å². The van der Waals surface area contributed by atoms with Crippen molar-refractivity contribution in [1.82, 2.24) is 4.98 Å². The monoisotopic (exact) mass is 300 g/mol. The first-order valence-electron chi connectivity index (χ1n) is 3.07. The fraction of sp³-hybridized carbons (Fsp3) is 0. The quantitative estimate of drug-likeness (QED) is 0.359. The molecule has 9 heteroatoms. The van der Waals surface area contributed by atoms with Gasteiger partial charge < -0.3 is 0 Å². The van der Waals surface area contributed by atoms with E-state index in [1.807, 2.05) is 0 Å². The predicted molar refractivity (Wildman–Crippen MR) is 51.6 cm³/mol. The molecule has 0 bridgehead atoms. The summed E-state index contributed by atoms with van der Waals surface area (Å²) in [5.41, 5.74) is -0.438. The topological polar surface area (TPSA) is 90.2 Å². The Balaban J connectivity index is 3.44. The van der Waals surface area contributed by atoms with Crippen molar-refractivity contribution in [3.8, 4) is 0 Å². The predicted octanol–water partition coefficient (Wildman–Crippen LogP) is 1.68. The normalized spacial score (nSPS) is 11.3. The highest BCUT2D eigenvalue weighted by molar-refractivity contribution is 9.10. The van der Waals surface area contributed by atoms with Gasteiger partial charge in [-0.2, -0.15) is 0 Å². The van der Waals surface area contributed by atoms with E-state index >= 15 is 0 Å². The number of aromatic nitrogens is 1. The molecule has 14 heavy (non-hydrogen) atoms. The van der Waals surface area contributed by atoms with Crippen LogP contribution in [0.3, 0.4) is 0 Å². The Hall–Kier alpha value is -0.730. The van der Waals surface area contributed by atoms with E-state index in [4.69, 9.17) is 10.7 Å². The molecule has 6 nitrogen and oxygen atoms in total. The van der Waals surface area contributed by atoms with Crippen LogP contribution in [0.5, 0.6) is 0 Å². The van der Waals surface area contributed by atoms with E-state index in [9.17, 15) is 18.5 Å². The molecule has 0 unspecified atom stereocenters. The minimum atomic E-state index is -4.03. The molecular weight excluding hydrogens is 299 g/mol. The molecule has 0 N–H and O–H groups in total. The lowest BCUT2D eigenvalue weighted by atomic mass is 10.4. The zero-order valence-corrected chi connectivity index (χ0v) is 9.50. The summed E-state index contributed by atoms with van der Waals surface area (Å²) in [5.74, 6) is 0. The standard InChI is InChI=1S/C5H2BrClN2O4S/c6-5-4(14(7,12)13)1-3(2-8-5)9(10)11/h1-2H. The van der Waals surface area contributed by atoms with Gasteiger partial charge in [0.05, 0.1) is 4.92 Å². The molecule has 0 atom stereocenters. The molecular formula is C5H2BrClN2O4S. The van der Waals surface area contributed by atoms with Crippen LogP contribution in [0.2, 0.25) is 0 Å². The van der Waals surface area contributed by atoms with Crippen LogP contribution in [0.1, 0.15) is 0 Å². The van der Waals surface area contributed by atoms with Gasteiger partial charge in [0.25, 0.3) is 14.7 Å². The van der Waals surface area contributed by atoms with E-state index in [-0.39, 0.29) is 4.60 Å². The van der Waals surface area contributed by atoms with E-state index in [2.05, 4.69) is 20.9 Å². The first-order valence-corrected chi connectivity index (χ1v) is 6.17. The van der Waals surface area contributed by atoms with Crippen LogP contribution in [-0.4, -0.2) is 18.3 Å². The van der Waals surface area contributed by atoms with Gasteiger partial charge in [-0.05, 0) is 15.9 Å². The SMILES string of the molecule is O=[N+]([O-])c1cnc(Br)c(S(=O)(=O)Cl)c1. The highest BCUT2D eigenvalue weighted by atomic mass is 79.9. The molecule has 1 rings (SSSR count). The zero-order valence-electron chi connectivity index (χ0n) is 6.35. The number of rotatable bonds is 2. The molecule has 1 heterocycles. The van der Waals surface area contributed by atoms with Crippen LogP contribution < -0.4 is 0 Å². The molecule has 1 aromatic rings. The minimum absolute atomic E-state index is 0.0573. The molecule has 0 aliphatic carbocycles. The zero-order chi connectivity index (χ0) is 10.9. The summed E-state index contributed by atoms with van der Waals surface area (Å²) in [7, 11) is 0.989. The second kappa shape index (κ2) is 3.79. The van der Waals surface area contributed by atoms with Crippen LogP contribution in [0, 0.1) is 10.1 Å². The van der Waals surface area contributed by atoms with E-state index in [0.717, 1.165) is 12.3 Å². The Morgan fingerprint density at radius 3 is 2.57 bits per heavy atom. The first-order chi connectivity index (χ1) is 6.32. The van der Waals surface area contributed by atoms with Gasteiger partial charge >= 0.3 is 0 Å². The van der Waals surface area contributed by atoms with Gasteiger partial charge in [0, 0.05) is 16.7 Å². The van der Waals surface area contributed by atoms with Crippen LogP contribution in [0.4, 0.5) is 5.69 Å². The maximum Gasteiger partial charge on any atom is 0.289 e. The Morgan fingerprint density at radius 2 is 2.14 bits per heavy atom. The van der Waals surface area contributed by atoms with Crippen LogP contribution >= 0.6 is 26.6 Å². The van der Waals surface area contributed by atoms with Crippen molar-refractivity contribution in [2.45, 2.75) is 4.90 Å². The summed E-state index contributed by atoms with van der Waals surface area (Å²) in [5, 5.41) is 10.3. The summed E-state index contributed by atoms with van der Waals surface area (Å²) in [6.07, 6.45) is 0.926. The van der Waals surface area contributed by atoms with Gasteiger partial charge in [-0.25, -0.2) is 13.4 Å². The third-order valence-corrected chi connectivity index (χ3v) is 3.50. The Labute approximate surface area is 91.6 Å². The largest absolute Gasteiger partial charge is 0.289 e. The Morgan fingerprint density at radius 1 is 1.57 bits per heavy atom. The molecule has 0 aliphatic rings. The summed E-state index contributed by atoms with van der Waals surface area (Å²) >= 11 is 2.82. The fourth-order valence-electron chi connectivity index (χ4n) is 0.688. The first kappa shape index (κ1) is 11.3. The van der Waals surface area contributed by atoms with Crippen LogP contribution in [-0.2, 0) is 9.05 Å². The Bertz CT molecular complexity index is 489. The van der Waals surface area contributed by atoms with Gasteiger partial charge in [0.1, 0.15) is 15.7 Å². The third kappa shape index (κ3) is 2.40. The van der Waals surface area contributed by atoms with Gasteiger partial charge in [-0.15, -0.1) is 0 Å². The average molecular weight is 302 g/mol. The molecule has 0 aromatic carbocycles. The second-order valence-corrected chi connectivity index (χ2v) is 5.46. The summed E-state index contributed by atoms with van der Waals surface area (Å²) < 4.78 is 21.7. The maximum absolute atomic E-state index is 10.9. The maximum atomic E-state index is 10.9. The molecule has 0 spiro atoms. The van der Waals surface area contributed by atoms with Crippen molar-refractivity contribution in [2.24, 2.45) is 0 Å². The van der Waals surface area contributed by atoms with Gasteiger partial charge in [-0.1, -0.05) is 0 Å². The number of nitro groups is 1. The van der Waals surface area contributed by atoms with E-state index in [1.54, 1.807) is 0 Å². The lowest BCUT2D eigenvalue weighted by Gasteiger charge is -1.98. The molecule has 0 aliphatic heterocycles. The highest BCUT2D eigenvalue weighted by Crippen LogP contribution is 2.26. The number of nitrogens with zero attached hydrogens (tertiary/aromatic N) is 2. The van der Waals surface area contributed by atoms with Gasteiger partial charge in [0.2, 0.25) is 0 Å². The van der Waals surface area contributed by atoms with Crippen molar-refractivity contribution in [1.29, 1.82) is 0 Å². The molecule has 0 saturated carbocycles. The Kier molecular flexibility index (Phi) is 3.07. The number of hydrogen-bond acceptors (Lipinski definition) is 5. The molecule has 0 fully saturated rings. The smallest absolute Gasteiger partial charge is 0.258 e. The number of halogens is 2. The van der Waals surface area contributed by atoms with E-state index in [1.165, 1.54) is 0 Å². The molecule has 76 valence electrons. The lowest BCUT2D eigenvalue weighted by molar-refractivity contribution is -0.385. The molecule has 1 aromatic heterocycles.